The molecule has 1 aliphatic carbocycles. The first kappa shape index (κ1) is 17.2. The Morgan fingerprint density at radius 1 is 1.36 bits per heavy atom. The largest absolute Gasteiger partial charge is 0.342 e. The van der Waals surface area contributed by atoms with Gasteiger partial charge in [0.1, 0.15) is 5.82 Å². The molecular weight excluding hydrogens is 303 g/mol. The molecule has 1 unspecified atom stereocenters. The van der Waals surface area contributed by atoms with Crippen molar-refractivity contribution in [1.82, 2.24) is 10.2 Å². The summed E-state index contributed by atoms with van der Waals surface area (Å²) in [6, 6.07) is 6.47. The van der Waals surface area contributed by atoms with Crippen LogP contribution in [0.3, 0.4) is 0 Å². The van der Waals surface area contributed by atoms with Crippen LogP contribution in [-0.4, -0.2) is 37.5 Å². The second kappa shape index (κ2) is 6.97. The topological polar surface area (TPSA) is 32.3 Å². The van der Waals surface area contributed by atoms with Gasteiger partial charge in [0.2, 0.25) is 5.91 Å². The van der Waals surface area contributed by atoms with E-state index in [9.17, 15) is 9.18 Å². The van der Waals surface area contributed by atoms with E-state index in [-0.39, 0.29) is 29.5 Å². The fourth-order valence-electron chi connectivity index (χ4n) is 3.53. The first-order valence-corrected chi connectivity index (χ1v) is 7.86. The lowest BCUT2D eigenvalue weighted by molar-refractivity contribution is -0.135. The summed E-state index contributed by atoms with van der Waals surface area (Å²) in [5.74, 6) is 0.556. The molecule has 1 atom stereocenters. The fraction of sp³-hybridized carbons (Fsp3) is 0.588. The summed E-state index contributed by atoms with van der Waals surface area (Å²) in [5, 5.41) is 3.21. The third-order valence-electron chi connectivity index (χ3n) is 4.86. The molecule has 2 aliphatic rings. The van der Waals surface area contributed by atoms with Crippen molar-refractivity contribution in [3.8, 4) is 0 Å². The van der Waals surface area contributed by atoms with Crippen LogP contribution in [-0.2, 0) is 10.2 Å². The molecule has 3 nitrogen and oxygen atoms in total. The molecule has 122 valence electrons. The maximum absolute atomic E-state index is 13.1. The number of halogens is 2. The van der Waals surface area contributed by atoms with Crippen LogP contribution < -0.4 is 5.32 Å². The number of nitrogens with one attached hydrogen (secondary N) is 1. The molecule has 1 saturated carbocycles. The SMILES string of the molecule is CNCC1CCCN(C(=O)C2(c3ccc(F)cc3)CC2)C1.Cl. The van der Waals surface area contributed by atoms with Crippen LogP contribution in [0, 0.1) is 11.7 Å². The fourth-order valence-corrected chi connectivity index (χ4v) is 3.53. The van der Waals surface area contributed by atoms with Crippen molar-refractivity contribution in [2.75, 3.05) is 26.7 Å². The van der Waals surface area contributed by atoms with Gasteiger partial charge in [0.25, 0.3) is 0 Å². The molecule has 2 fully saturated rings. The summed E-state index contributed by atoms with van der Waals surface area (Å²) in [6.45, 7) is 2.68. The minimum Gasteiger partial charge on any atom is -0.342 e. The van der Waals surface area contributed by atoms with E-state index in [0.29, 0.717) is 5.92 Å². The van der Waals surface area contributed by atoms with Gasteiger partial charge in [-0.1, -0.05) is 12.1 Å². The van der Waals surface area contributed by atoms with Gasteiger partial charge in [0.15, 0.2) is 0 Å². The van der Waals surface area contributed by atoms with Gasteiger partial charge in [0.05, 0.1) is 5.41 Å². The molecule has 0 radical (unpaired) electrons. The minimum atomic E-state index is -0.366. The number of carbonyl (C=O) groups is 1. The highest BCUT2D eigenvalue weighted by Gasteiger charge is 2.53. The molecule has 1 aromatic rings. The number of amides is 1. The third-order valence-corrected chi connectivity index (χ3v) is 4.86. The average Bonchev–Trinajstić information content (AvgIpc) is 3.29. The molecule has 1 heterocycles. The molecule has 1 aromatic carbocycles. The maximum atomic E-state index is 13.1. The first-order valence-electron chi connectivity index (χ1n) is 7.86. The summed E-state index contributed by atoms with van der Waals surface area (Å²) in [6.07, 6.45) is 4.06. The lowest BCUT2D eigenvalue weighted by atomic mass is 9.91. The standard InChI is InChI=1S/C17H23FN2O.ClH/c1-19-11-13-3-2-10-20(12-13)16(21)17(8-9-17)14-4-6-15(18)7-5-14;/h4-7,13,19H,2-3,8-12H2,1H3;1H. The van der Waals surface area contributed by atoms with Gasteiger partial charge in [-0.2, -0.15) is 0 Å². The second-order valence-electron chi connectivity index (χ2n) is 6.41. The zero-order chi connectivity index (χ0) is 14.9. The molecule has 3 rings (SSSR count). The summed E-state index contributed by atoms with van der Waals surface area (Å²) < 4.78 is 13.1. The van der Waals surface area contributed by atoms with Crippen molar-refractivity contribution in [2.45, 2.75) is 31.1 Å². The Hall–Kier alpha value is -1.13. The zero-order valence-corrected chi connectivity index (χ0v) is 13.8. The van der Waals surface area contributed by atoms with Crippen molar-refractivity contribution in [3.63, 3.8) is 0 Å². The van der Waals surface area contributed by atoms with Gasteiger partial charge >= 0.3 is 0 Å². The predicted octanol–water partition coefficient (Wildman–Crippen LogP) is 2.74. The highest BCUT2D eigenvalue weighted by molar-refractivity contribution is 5.91. The van der Waals surface area contributed by atoms with E-state index in [1.807, 2.05) is 11.9 Å². The van der Waals surface area contributed by atoms with Gasteiger partial charge in [-0.25, -0.2) is 4.39 Å². The van der Waals surface area contributed by atoms with Crippen LogP contribution >= 0.6 is 12.4 Å². The Balaban J connectivity index is 0.00000176. The number of rotatable bonds is 4. The van der Waals surface area contributed by atoms with E-state index >= 15 is 0 Å². The van der Waals surface area contributed by atoms with Gasteiger partial charge in [-0.15, -0.1) is 12.4 Å². The minimum absolute atomic E-state index is 0. The van der Waals surface area contributed by atoms with Crippen LogP contribution in [0.4, 0.5) is 4.39 Å². The number of likely N-dealkylation sites (tertiary alicyclic amines) is 1. The van der Waals surface area contributed by atoms with Crippen molar-refractivity contribution in [3.05, 3.63) is 35.6 Å². The van der Waals surface area contributed by atoms with Crippen molar-refractivity contribution in [1.29, 1.82) is 0 Å². The molecule has 0 spiro atoms. The number of nitrogens with zero attached hydrogens (tertiary/aromatic N) is 1. The highest BCUT2D eigenvalue weighted by Crippen LogP contribution is 2.50. The normalized spacial score (nSPS) is 22.8. The monoisotopic (exact) mass is 326 g/mol. The Morgan fingerprint density at radius 3 is 2.64 bits per heavy atom. The van der Waals surface area contributed by atoms with Crippen LogP contribution in [0.25, 0.3) is 0 Å². The average molecular weight is 327 g/mol. The molecule has 22 heavy (non-hydrogen) atoms. The lowest BCUT2D eigenvalue weighted by Gasteiger charge is -2.35. The van der Waals surface area contributed by atoms with E-state index in [2.05, 4.69) is 5.32 Å². The van der Waals surface area contributed by atoms with Crippen molar-refractivity contribution >= 4 is 18.3 Å². The third kappa shape index (κ3) is 3.28. The molecule has 0 bridgehead atoms. The molecule has 0 aromatic heterocycles. The van der Waals surface area contributed by atoms with E-state index < -0.39 is 0 Å². The zero-order valence-electron chi connectivity index (χ0n) is 13.0. The van der Waals surface area contributed by atoms with Gasteiger partial charge in [0, 0.05) is 13.1 Å². The summed E-state index contributed by atoms with van der Waals surface area (Å²) in [4.78, 5) is 15.0. The smallest absolute Gasteiger partial charge is 0.233 e. The number of hydrogen-bond acceptors (Lipinski definition) is 2. The van der Waals surface area contributed by atoms with E-state index in [1.54, 1.807) is 12.1 Å². The molecule has 1 aliphatic heterocycles. The van der Waals surface area contributed by atoms with Gasteiger partial charge in [-0.05, 0) is 62.9 Å². The van der Waals surface area contributed by atoms with Crippen molar-refractivity contribution < 1.29 is 9.18 Å². The van der Waals surface area contributed by atoms with Gasteiger partial charge in [-0.3, -0.25) is 4.79 Å². The Labute approximate surface area is 137 Å². The van der Waals surface area contributed by atoms with Crippen LogP contribution in [0.5, 0.6) is 0 Å². The Morgan fingerprint density at radius 2 is 2.05 bits per heavy atom. The Kier molecular flexibility index (Phi) is 5.45. The molecule has 5 heteroatoms. The molecule has 1 amide bonds. The first-order chi connectivity index (χ1) is 10.2. The predicted molar refractivity (Wildman–Crippen MR) is 87.8 cm³/mol. The number of hydrogen-bond donors (Lipinski definition) is 1. The number of piperidine rings is 1. The maximum Gasteiger partial charge on any atom is 0.233 e. The summed E-state index contributed by atoms with van der Waals surface area (Å²) >= 11 is 0. The number of carbonyl (C=O) groups excluding carboxylic acids is 1. The van der Waals surface area contributed by atoms with Crippen LogP contribution in [0.2, 0.25) is 0 Å². The lowest BCUT2D eigenvalue weighted by Crippen LogP contribution is -2.46. The summed E-state index contributed by atoms with van der Waals surface area (Å²) in [7, 11) is 1.96. The van der Waals surface area contributed by atoms with E-state index in [0.717, 1.165) is 44.5 Å². The van der Waals surface area contributed by atoms with Crippen molar-refractivity contribution in [2.24, 2.45) is 5.92 Å². The highest BCUT2D eigenvalue weighted by atomic mass is 35.5. The van der Waals surface area contributed by atoms with E-state index in [4.69, 9.17) is 0 Å². The number of benzene rings is 1. The summed E-state index contributed by atoms with van der Waals surface area (Å²) in [5.41, 5.74) is 0.611. The molecule has 1 N–H and O–H groups in total. The molecular formula is C17H24ClFN2O. The van der Waals surface area contributed by atoms with E-state index in [1.165, 1.54) is 18.6 Å². The van der Waals surface area contributed by atoms with Crippen LogP contribution in [0.1, 0.15) is 31.2 Å². The van der Waals surface area contributed by atoms with Crippen LogP contribution in [0.15, 0.2) is 24.3 Å². The second-order valence-corrected chi connectivity index (χ2v) is 6.41. The quantitative estimate of drug-likeness (QED) is 0.922. The molecule has 1 saturated heterocycles. The Bertz CT molecular complexity index is 514. The van der Waals surface area contributed by atoms with Gasteiger partial charge < -0.3 is 10.2 Å².